The number of benzene rings is 2. The van der Waals surface area contributed by atoms with Crippen LogP contribution in [0, 0.1) is 0 Å². The summed E-state index contributed by atoms with van der Waals surface area (Å²) in [6.07, 6.45) is 0.367. The fourth-order valence-electron chi connectivity index (χ4n) is 3.16. The van der Waals surface area contributed by atoms with Gasteiger partial charge >= 0.3 is 0 Å². The van der Waals surface area contributed by atoms with Gasteiger partial charge in [-0.1, -0.05) is 37.6 Å². The van der Waals surface area contributed by atoms with Crippen molar-refractivity contribution in [2.45, 2.75) is 20.3 Å². The number of halogens is 1. The van der Waals surface area contributed by atoms with Crippen molar-refractivity contribution >= 4 is 40.5 Å². The van der Waals surface area contributed by atoms with E-state index in [1.54, 1.807) is 41.3 Å². The van der Waals surface area contributed by atoms with Gasteiger partial charge < -0.3 is 10.2 Å². The van der Waals surface area contributed by atoms with Crippen molar-refractivity contribution in [3.8, 4) is 0 Å². The van der Waals surface area contributed by atoms with Crippen LogP contribution in [-0.2, 0) is 4.79 Å². The lowest BCUT2D eigenvalue weighted by Gasteiger charge is -2.25. The number of carbonyl (C=O) groups is 2. The van der Waals surface area contributed by atoms with Crippen LogP contribution >= 0.6 is 11.6 Å². The smallest absolute Gasteiger partial charge is 0.257 e. The summed E-state index contributed by atoms with van der Waals surface area (Å²) in [6, 6.07) is 12.3. The van der Waals surface area contributed by atoms with Crippen molar-refractivity contribution in [3.63, 3.8) is 0 Å². The summed E-state index contributed by atoms with van der Waals surface area (Å²) in [5.41, 5.74) is 2.23. The zero-order valence-electron chi connectivity index (χ0n) is 15.0. The van der Waals surface area contributed by atoms with Crippen LogP contribution in [0.1, 0.15) is 30.6 Å². The summed E-state index contributed by atoms with van der Waals surface area (Å²) in [5, 5.41) is 3.37. The molecule has 0 fully saturated rings. The van der Waals surface area contributed by atoms with Crippen molar-refractivity contribution in [2.75, 3.05) is 29.9 Å². The number of hydrogen-bond acceptors (Lipinski definition) is 3. The zero-order valence-corrected chi connectivity index (χ0v) is 15.7. The van der Waals surface area contributed by atoms with Crippen molar-refractivity contribution in [1.82, 2.24) is 4.90 Å². The Bertz CT molecular complexity index is 834. The highest BCUT2D eigenvalue weighted by Crippen LogP contribution is 2.39. The van der Waals surface area contributed by atoms with Gasteiger partial charge in [0.1, 0.15) is 0 Å². The molecule has 2 amide bonds. The number of fused-ring (bicyclic) bond motifs is 2. The summed E-state index contributed by atoms with van der Waals surface area (Å²) in [4.78, 5) is 29.6. The molecule has 0 atom stereocenters. The average molecular weight is 372 g/mol. The third-order valence-corrected chi connectivity index (χ3v) is 4.86. The Hall–Kier alpha value is -2.37. The minimum absolute atomic E-state index is 0.0515. The van der Waals surface area contributed by atoms with Gasteiger partial charge in [0.25, 0.3) is 5.91 Å². The Labute approximate surface area is 158 Å². The van der Waals surface area contributed by atoms with E-state index in [2.05, 4.69) is 24.1 Å². The van der Waals surface area contributed by atoms with E-state index in [1.165, 1.54) is 0 Å². The van der Waals surface area contributed by atoms with Gasteiger partial charge in [-0.2, -0.15) is 0 Å². The highest BCUT2D eigenvalue weighted by Gasteiger charge is 2.29. The maximum absolute atomic E-state index is 13.1. The van der Waals surface area contributed by atoms with E-state index in [4.69, 9.17) is 11.6 Å². The third kappa shape index (κ3) is 3.59. The van der Waals surface area contributed by atoms with Crippen LogP contribution in [0.5, 0.6) is 0 Å². The fraction of sp³-hybridized carbons (Fsp3) is 0.300. The van der Waals surface area contributed by atoms with Gasteiger partial charge in [-0.3, -0.25) is 14.5 Å². The molecule has 0 spiro atoms. The van der Waals surface area contributed by atoms with E-state index < -0.39 is 0 Å². The molecule has 0 radical (unpaired) electrons. The summed E-state index contributed by atoms with van der Waals surface area (Å²) < 4.78 is 0. The number of amides is 2. The summed E-state index contributed by atoms with van der Waals surface area (Å²) in [5.74, 6) is -0.299. The molecule has 1 heterocycles. The molecule has 5 nitrogen and oxygen atoms in total. The van der Waals surface area contributed by atoms with Crippen LogP contribution in [0.25, 0.3) is 0 Å². The number of hydrogen-bond donors (Lipinski definition) is 1. The molecule has 26 heavy (non-hydrogen) atoms. The topological polar surface area (TPSA) is 52.7 Å². The Kier molecular flexibility index (Phi) is 5.59. The van der Waals surface area contributed by atoms with Gasteiger partial charge in [0.2, 0.25) is 5.91 Å². The second-order valence-corrected chi connectivity index (χ2v) is 6.58. The van der Waals surface area contributed by atoms with Crippen molar-refractivity contribution in [3.05, 3.63) is 53.1 Å². The summed E-state index contributed by atoms with van der Waals surface area (Å²) in [7, 11) is 0. The minimum Gasteiger partial charge on any atom is -0.320 e. The molecule has 1 N–H and O–H groups in total. The lowest BCUT2D eigenvalue weighted by Crippen LogP contribution is -2.32. The van der Waals surface area contributed by atoms with E-state index in [0.717, 1.165) is 13.1 Å². The number of para-hydroxylation sites is 1. The standard InChI is InChI=1S/C20H22ClN3O2/c1-3-23(4-2)12-11-19(25)24-17-8-6-5-7-15(17)20(26)22-16-13-14(21)9-10-18(16)24/h5-10,13H,3-4,11-12H2,1-2H3,(H,22,26). The van der Waals surface area contributed by atoms with E-state index in [0.29, 0.717) is 40.6 Å². The molecule has 0 bridgehead atoms. The molecule has 136 valence electrons. The summed E-state index contributed by atoms with van der Waals surface area (Å²) >= 11 is 6.10. The molecule has 0 saturated carbocycles. The highest BCUT2D eigenvalue weighted by atomic mass is 35.5. The first-order chi connectivity index (χ1) is 12.5. The molecule has 0 aliphatic carbocycles. The molecule has 6 heteroatoms. The van der Waals surface area contributed by atoms with E-state index in [-0.39, 0.29) is 11.8 Å². The first-order valence-corrected chi connectivity index (χ1v) is 9.18. The van der Waals surface area contributed by atoms with Gasteiger partial charge in [-0.05, 0) is 43.4 Å². The number of nitrogens with one attached hydrogen (secondary N) is 1. The largest absolute Gasteiger partial charge is 0.320 e. The second-order valence-electron chi connectivity index (χ2n) is 6.14. The number of carbonyl (C=O) groups excluding carboxylic acids is 2. The van der Waals surface area contributed by atoms with E-state index >= 15 is 0 Å². The van der Waals surface area contributed by atoms with Gasteiger partial charge in [0, 0.05) is 18.0 Å². The highest BCUT2D eigenvalue weighted by molar-refractivity contribution is 6.31. The maximum atomic E-state index is 13.1. The summed E-state index contributed by atoms with van der Waals surface area (Å²) in [6.45, 7) is 6.62. The molecule has 2 aromatic rings. The van der Waals surface area contributed by atoms with E-state index in [9.17, 15) is 9.59 Å². The van der Waals surface area contributed by atoms with Gasteiger partial charge in [0.05, 0.1) is 22.6 Å². The van der Waals surface area contributed by atoms with Gasteiger partial charge in [-0.25, -0.2) is 0 Å². The molecule has 1 aliphatic heterocycles. The molecular formula is C20H22ClN3O2. The Morgan fingerprint density at radius 1 is 1.12 bits per heavy atom. The predicted octanol–water partition coefficient (Wildman–Crippen LogP) is 4.30. The van der Waals surface area contributed by atoms with Crippen molar-refractivity contribution in [2.24, 2.45) is 0 Å². The molecule has 0 saturated heterocycles. The zero-order chi connectivity index (χ0) is 18.7. The van der Waals surface area contributed by atoms with Crippen LogP contribution < -0.4 is 10.2 Å². The quantitative estimate of drug-likeness (QED) is 0.852. The first-order valence-electron chi connectivity index (χ1n) is 8.80. The van der Waals surface area contributed by atoms with Crippen LogP contribution in [0.15, 0.2) is 42.5 Å². The lowest BCUT2D eigenvalue weighted by molar-refractivity contribution is -0.118. The van der Waals surface area contributed by atoms with Gasteiger partial charge in [-0.15, -0.1) is 0 Å². The second kappa shape index (κ2) is 7.89. The molecule has 3 rings (SSSR count). The Balaban J connectivity index is 2.03. The molecule has 1 aliphatic rings. The molecule has 2 aromatic carbocycles. The maximum Gasteiger partial charge on any atom is 0.257 e. The first kappa shape index (κ1) is 18.4. The monoisotopic (exact) mass is 371 g/mol. The van der Waals surface area contributed by atoms with Crippen molar-refractivity contribution in [1.29, 1.82) is 0 Å². The molecular weight excluding hydrogens is 350 g/mol. The number of rotatable bonds is 5. The Morgan fingerprint density at radius 3 is 2.58 bits per heavy atom. The fourth-order valence-corrected chi connectivity index (χ4v) is 3.33. The van der Waals surface area contributed by atoms with Crippen LogP contribution in [0.4, 0.5) is 17.1 Å². The lowest BCUT2D eigenvalue weighted by atomic mass is 10.1. The SMILES string of the molecule is CCN(CC)CCC(=O)N1c2ccc(Cl)cc2NC(=O)c2ccccc21. The van der Waals surface area contributed by atoms with Gasteiger partial charge in [0.15, 0.2) is 0 Å². The van der Waals surface area contributed by atoms with Crippen LogP contribution in [-0.4, -0.2) is 36.3 Å². The third-order valence-electron chi connectivity index (χ3n) is 4.62. The van der Waals surface area contributed by atoms with Crippen LogP contribution in [0.3, 0.4) is 0 Å². The number of nitrogens with zero attached hydrogens (tertiary/aromatic N) is 2. The molecule has 0 unspecified atom stereocenters. The van der Waals surface area contributed by atoms with E-state index in [1.807, 2.05) is 6.07 Å². The Morgan fingerprint density at radius 2 is 1.85 bits per heavy atom. The number of anilines is 3. The molecule has 0 aromatic heterocycles. The minimum atomic E-state index is -0.247. The predicted molar refractivity (Wildman–Crippen MR) is 105 cm³/mol. The van der Waals surface area contributed by atoms with Crippen LogP contribution in [0.2, 0.25) is 5.02 Å². The average Bonchev–Trinajstić information content (AvgIpc) is 2.76. The van der Waals surface area contributed by atoms with Crippen molar-refractivity contribution < 1.29 is 9.59 Å². The normalized spacial score (nSPS) is 13.1.